The standard InChI is InChI=1S/C17H30Cl2O6/c1-3-15(7-20)9-22-6-13(18)17(5-14(19)23-10-15)24-11-16(4-2,8-21)12-25-17/h13-14,20-21H,3-12H2,1-2H3. The monoisotopic (exact) mass is 400 g/mol. The van der Waals surface area contributed by atoms with E-state index in [9.17, 15) is 10.2 Å². The zero-order chi connectivity index (χ0) is 18.6. The number of hydrogen-bond donors (Lipinski definition) is 2. The topological polar surface area (TPSA) is 77.4 Å². The van der Waals surface area contributed by atoms with Crippen LogP contribution < -0.4 is 0 Å². The summed E-state index contributed by atoms with van der Waals surface area (Å²) in [5, 5.41) is 18.8. The summed E-state index contributed by atoms with van der Waals surface area (Å²) >= 11 is 12.9. The molecular weight excluding hydrogens is 371 g/mol. The van der Waals surface area contributed by atoms with Crippen molar-refractivity contribution in [3.63, 3.8) is 0 Å². The van der Waals surface area contributed by atoms with Crippen molar-refractivity contribution >= 4 is 23.2 Å². The van der Waals surface area contributed by atoms with E-state index in [4.69, 9.17) is 42.1 Å². The first kappa shape index (κ1) is 21.6. The van der Waals surface area contributed by atoms with Crippen LogP contribution in [0.15, 0.2) is 0 Å². The summed E-state index contributed by atoms with van der Waals surface area (Å²) in [7, 11) is 0. The van der Waals surface area contributed by atoms with Crippen LogP contribution in [0, 0.1) is 10.8 Å². The number of rotatable bonds is 4. The Kier molecular flexibility index (Phi) is 7.81. The highest BCUT2D eigenvalue weighted by Crippen LogP contribution is 2.40. The highest BCUT2D eigenvalue weighted by molar-refractivity contribution is 6.22. The zero-order valence-corrected chi connectivity index (χ0v) is 16.5. The maximum absolute atomic E-state index is 9.72. The molecule has 2 N–H and O–H groups in total. The Morgan fingerprint density at radius 3 is 2.00 bits per heavy atom. The third kappa shape index (κ3) is 4.79. The molecule has 8 heteroatoms. The average molecular weight is 401 g/mol. The van der Waals surface area contributed by atoms with Crippen LogP contribution >= 0.6 is 23.2 Å². The molecule has 3 unspecified atom stereocenters. The van der Waals surface area contributed by atoms with Gasteiger partial charge in [-0.2, -0.15) is 0 Å². The third-order valence-electron chi connectivity index (χ3n) is 5.58. The molecule has 0 aliphatic carbocycles. The first-order valence-electron chi connectivity index (χ1n) is 8.86. The SMILES string of the molecule is CCC1(CO)COCC(Cl)C2(CC(Cl)OC1)OCC(CC)(CO)CO2. The van der Waals surface area contributed by atoms with Crippen LogP contribution in [-0.4, -0.2) is 73.2 Å². The molecule has 0 aromatic carbocycles. The maximum atomic E-state index is 9.72. The molecule has 2 rings (SSSR count). The lowest BCUT2D eigenvalue weighted by molar-refractivity contribution is -0.321. The lowest BCUT2D eigenvalue weighted by atomic mass is 9.86. The van der Waals surface area contributed by atoms with Crippen molar-refractivity contribution in [2.45, 2.75) is 49.8 Å². The largest absolute Gasteiger partial charge is 0.396 e. The van der Waals surface area contributed by atoms with Crippen LogP contribution in [0.25, 0.3) is 0 Å². The van der Waals surface area contributed by atoms with Gasteiger partial charge in [-0.15, -0.1) is 11.6 Å². The molecule has 0 aromatic rings. The van der Waals surface area contributed by atoms with Gasteiger partial charge in [0.15, 0.2) is 5.79 Å². The normalized spacial score (nSPS) is 43.9. The molecule has 0 bridgehead atoms. The van der Waals surface area contributed by atoms with Crippen molar-refractivity contribution in [1.29, 1.82) is 0 Å². The van der Waals surface area contributed by atoms with Crippen LogP contribution in [0.5, 0.6) is 0 Å². The van der Waals surface area contributed by atoms with Gasteiger partial charge in [0.05, 0.1) is 46.2 Å². The molecule has 0 radical (unpaired) electrons. The number of alkyl halides is 2. The van der Waals surface area contributed by atoms with E-state index in [0.717, 1.165) is 6.42 Å². The summed E-state index contributed by atoms with van der Waals surface area (Å²) in [5.74, 6) is -1.12. The second-order valence-electron chi connectivity index (χ2n) is 7.32. The number of aliphatic hydroxyl groups excluding tert-OH is 2. The zero-order valence-electron chi connectivity index (χ0n) is 15.0. The number of hydrogen-bond acceptors (Lipinski definition) is 6. The molecule has 0 saturated carbocycles. The predicted molar refractivity (Wildman–Crippen MR) is 94.9 cm³/mol. The van der Waals surface area contributed by atoms with Crippen molar-refractivity contribution in [2.24, 2.45) is 10.8 Å². The van der Waals surface area contributed by atoms with E-state index in [1.165, 1.54) is 0 Å². The minimum Gasteiger partial charge on any atom is -0.396 e. The lowest BCUT2D eigenvalue weighted by Gasteiger charge is -2.48. The van der Waals surface area contributed by atoms with Gasteiger partial charge in [-0.05, 0) is 12.8 Å². The summed E-state index contributed by atoms with van der Waals surface area (Å²) in [6, 6.07) is 0. The van der Waals surface area contributed by atoms with Gasteiger partial charge in [0.1, 0.15) is 10.9 Å². The summed E-state index contributed by atoms with van der Waals surface area (Å²) in [6.45, 7) is 5.39. The van der Waals surface area contributed by atoms with Crippen molar-refractivity contribution in [1.82, 2.24) is 0 Å². The molecule has 3 atom stereocenters. The third-order valence-corrected chi connectivity index (χ3v) is 6.32. The van der Waals surface area contributed by atoms with E-state index in [2.05, 4.69) is 0 Å². The molecular formula is C17H30Cl2O6. The molecule has 6 nitrogen and oxygen atoms in total. The molecule has 2 heterocycles. The quantitative estimate of drug-likeness (QED) is 0.703. The fourth-order valence-corrected chi connectivity index (χ4v) is 3.55. The Balaban J connectivity index is 2.11. The van der Waals surface area contributed by atoms with E-state index in [-0.39, 0.29) is 32.8 Å². The Bertz CT molecular complexity index is 404. The van der Waals surface area contributed by atoms with Gasteiger partial charge in [0.2, 0.25) is 0 Å². The van der Waals surface area contributed by atoms with Crippen LogP contribution in [0.1, 0.15) is 33.1 Å². The highest BCUT2D eigenvalue weighted by atomic mass is 35.5. The molecule has 0 aromatic heterocycles. The Morgan fingerprint density at radius 2 is 1.48 bits per heavy atom. The van der Waals surface area contributed by atoms with Crippen molar-refractivity contribution in [3.8, 4) is 0 Å². The molecule has 0 amide bonds. The van der Waals surface area contributed by atoms with Crippen LogP contribution in [0.2, 0.25) is 0 Å². The fraction of sp³-hybridized carbons (Fsp3) is 1.00. The van der Waals surface area contributed by atoms with Crippen molar-refractivity contribution in [3.05, 3.63) is 0 Å². The first-order valence-corrected chi connectivity index (χ1v) is 9.73. The van der Waals surface area contributed by atoms with Crippen LogP contribution in [0.3, 0.4) is 0 Å². The summed E-state index contributed by atoms with van der Waals surface area (Å²) in [6.07, 6.45) is 1.68. The molecule has 2 saturated heterocycles. The summed E-state index contributed by atoms with van der Waals surface area (Å²) in [4.78, 5) is 0. The van der Waals surface area contributed by atoms with Gasteiger partial charge in [-0.1, -0.05) is 25.4 Å². The van der Waals surface area contributed by atoms with Crippen molar-refractivity contribution < 1.29 is 29.2 Å². The van der Waals surface area contributed by atoms with E-state index in [1.807, 2.05) is 13.8 Å². The van der Waals surface area contributed by atoms with Gasteiger partial charge < -0.3 is 29.2 Å². The predicted octanol–water partition coefficient (Wildman–Crippen LogP) is 2.12. The van der Waals surface area contributed by atoms with E-state index < -0.39 is 27.6 Å². The summed E-state index contributed by atoms with van der Waals surface area (Å²) < 4.78 is 23.5. The molecule has 2 fully saturated rings. The molecule has 2 aliphatic rings. The fourth-order valence-electron chi connectivity index (χ4n) is 2.97. The first-order chi connectivity index (χ1) is 11.9. The molecule has 1 spiro atoms. The van der Waals surface area contributed by atoms with E-state index in [1.54, 1.807) is 0 Å². The van der Waals surface area contributed by atoms with Gasteiger partial charge >= 0.3 is 0 Å². The molecule has 25 heavy (non-hydrogen) atoms. The lowest BCUT2D eigenvalue weighted by Crippen LogP contribution is -2.58. The van der Waals surface area contributed by atoms with Gasteiger partial charge in [-0.25, -0.2) is 0 Å². The van der Waals surface area contributed by atoms with Crippen LogP contribution in [-0.2, 0) is 18.9 Å². The van der Waals surface area contributed by atoms with Gasteiger partial charge in [0, 0.05) is 17.3 Å². The van der Waals surface area contributed by atoms with Crippen LogP contribution in [0.4, 0.5) is 0 Å². The molecule has 148 valence electrons. The summed E-state index contributed by atoms with van der Waals surface area (Å²) in [5.41, 5.74) is -1.58. The van der Waals surface area contributed by atoms with Crippen molar-refractivity contribution in [2.75, 3.05) is 46.2 Å². The number of ether oxygens (including phenoxy) is 4. The Morgan fingerprint density at radius 1 is 0.920 bits per heavy atom. The average Bonchev–Trinajstić information content (AvgIpc) is 2.65. The second kappa shape index (κ2) is 9.02. The minimum absolute atomic E-state index is 0.0145. The molecule has 2 aliphatic heterocycles. The smallest absolute Gasteiger partial charge is 0.190 e. The minimum atomic E-state index is -1.12. The Hall–Kier alpha value is 0.340. The maximum Gasteiger partial charge on any atom is 0.190 e. The number of halogens is 2. The highest BCUT2D eigenvalue weighted by Gasteiger charge is 2.50. The van der Waals surface area contributed by atoms with Gasteiger partial charge in [-0.3, -0.25) is 0 Å². The second-order valence-corrected chi connectivity index (χ2v) is 8.33. The van der Waals surface area contributed by atoms with E-state index >= 15 is 0 Å². The Labute approximate surface area is 159 Å². The number of aliphatic hydroxyl groups is 2. The van der Waals surface area contributed by atoms with Gasteiger partial charge in [0.25, 0.3) is 0 Å². The van der Waals surface area contributed by atoms with E-state index in [0.29, 0.717) is 26.2 Å².